The normalized spacial score (nSPS) is 32.8. The molecule has 1 aromatic carbocycles. The summed E-state index contributed by atoms with van der Waals surface area (Å²) < 4.78 is 5.40. The number of ether oxygens (including phenoxy) is 1. The summed E-state index contributed by atoms with van der Waals surface area (Å²) in [6.07, 6.45) is 13.2. The molecule has 0 amide bonds. The molecule has 3 aliphatic carbocycles. The number of fused-ring (bicyclic) bond motifs is 4. The van der Waals surface area contributed by atoms with Crippen molar-refractivity contribution in [2.45, 2.75) is 51.4 Å². The predicted octanol–water partition coefficient (Wildman–Crippen LogP) is 4.86. The molecule has 0 aromatic heterocycles. The maximum Gasteiger partial charge on any atom is 0.119 e. The highest BCUT2D eigenvalue weighted by atomic mass is 16.5. The Morgan fingerprint density at radius 2 is 2.00 bits per heavy atom. The molecule has 0 saturated carbocycles. The van der Waals surface area contributed by atoms with Gasteiger partial charge in [0, 0.05) is 5.41 Å². The first kappa shape index (κ1) is 13.9. The monoisotopic (exact) mass is 292 g/mol. The van der Waals surface area contributed by atoms with Crippen molar-refractivity contribution in [3.05, 3.63) is 40.5 Å². The lowest BCUT2D eigenvalue weighted by Gasteiger charge is -2.40. The lowest BCUT2D eigenvalue weighted by atomic mass is 9.64. The lowest BCUT2D eigenvalue weighted by Crippen LogP contribution is -2.27. The first-order chi connectivity index (χ1) is 10.7. The lowest BCUT2D eigenvalue weighted by molar-refractivity contribution is 0.368. The number of hydrogen-bond donors (Lipinski definition) is 0. The van der Waals surface area contributed by atoms with Crippen molar-refractivity contribution in [2.24, 2.45) is 11.3 Å². The van der Waals surface area contributed by atoms with E-state index in [0.717, 1.165) is 18.1 Å². The Bertz CT molecular complexity index is 690. The highest BCUT2D eigenvalue weighted by Crippen LogP contribution is 2.57. The third-order valence-electron chi connectivity index (χ3n) is 6.38. The average molecular weight is 292 g/mol. The molecule has 0 unspecified atom stereocenters. The van der Waals surface area contributed by atoms with Crippen LogP contribution >= 0.6 is 0 Å². The van der Waals surface area contributed by atoms with Crippen LogP contribution in [0.5, 0.6) is 5.75 Å². The molecule has 0 bridgehead atoms. The second kappa shape index (κ2) is 4.92. The Labute approximate surface area is 133 Å². The highest BCUT2D eigenvalue weighted by molar-refractivity contribution is 5.46. The molecule has 0 heterocycles. The van der Waals surface area contributed by atoms with E-state index in [9.17, 15) is 0 Å². The highest BCUT2D eigenvalue weighted by Gasteiger charge is 2.44. The summed E-state index contributed by atoms with van der Waals surface area (Å²) in [6.45, 7) is 2.28. The molecule has 3 aliphatic rings. The van der Waals surface area contributed by atoms with E-state index in [-0.39, 0.29) is 5.41 Å². The van der Waals surface area contributed by atoms with E-state index in [1.165, 1.54) is 37.7 Å². The van der Waals surface area contributed by atoms with Crippen molar-refractivity contribution in [3.63, 3.8) is 0 Å². The second-order valence-corrected chi connectivity index (χ2v) is 7.34. The largest absolute Gasteiger partial charge is 0.497 e. The SMILES string of the molecule is C#C[C@]1(C)CCC2=C1CC[C@@H]1c3ccc(OC)cc3CC[C@@H]21. The molecule has 4 rings (SSSR count). The quantitative estimate of drug-likeness (QED) is 0.530. The Morgan fingerprint density at radius 3 is 2.77 bits per heavy atom. The molecular weight excluding hydrogens is 268 g/mol. The van der Waals surface area contributed by atoms with Gasteiger partial charge in [-0.15, -0.1) is 6.42 Å². The molecule has 0 radical (unpaired) electrons. The van der Waals surface area contributed by atoms with Gasteiger partial charge in [0.25, 0.3) is 0 Å². The molecule has 0 spiro atoms. The van der Waals surface area contributed by atoms with Gasteiger partial charge in [-0.3, -0.25) is 0 Å². The minimum Gasteiger partial charge on any atom is -0.497 e. The average Bonchev–Trinajstić information content (AvgIpc) is 2.92. The minimum atomic E-state index is 0.0422. The summed E-state index contributed by atoms with van der Waals surface area (Å²) in [5.74, 6) is 5.53. The topological polar surface area (TPSA) is 9.23 Å². The number of terminal acetylenes is 1. The molecule has 1 nitrogen and oxygen atoms in total. The molecule has 3 atom stereocenters. The fraction of sp³-hybridized carbons (Fsp3) is 0.524. The fourth-order valence-corrected chi connectivity index (χ4v) is 5.14. The third-order valence-corrected chi connectivity index (χ3v) is 6.38. The first-order valence-electron chi connectivity index (χ1n) is 8.53. The molecule has 0 saturated heterocycles. The van der Waals surface area contributed by atoms with Gasteiger partial charge in [-0.05, 0) is 80.5 Å². The molecule has 0 aliphatic heterocycles. The molecule has 1 heteroatoms. The maximum absolute atomic E-state index is 5.85. The third kappa shape index (κ3) is 1.86. The number of allylic oxidation sites excluding steroid dienone is 2. The minimum absolute atomic E-state index is 0.0422. The van der Waals surface area contributed by atoms with Crippen LogP contribution in [0.2, 0.25) is 0 Å². The summed E-state index contributed by atoms with van der Waals surface area (Å²) in [7, 11) is 1.75. The fourth-order valence-electron chi connectivity index (χ4n) is 5.14. The summed E-state index contributed by atoms with van der Waals surface area (Å²) in [6, 6.07) is 6.69. The van der Waals surface area contributed by atoms with Gasteiger partial charge in [0.1, 0.15) is 5.75 Å². The molecule has 0 N–H and O–H groups in total. The number of rotatable bonds is 1. The van der Waals surface area contributed by atoms with Crippen molar-refractivity contribution >= 4 is 0 Å². The summed E-state index contributed by atoms with van der Waals surface area (Å²) in [4.78, 5) is 0. The zero-order chi connectivity index (χ0) is 15.3. The predicted molar refractivity (Wildman–Crippen MR) is 90.0 cm³/mol. The van der Waals surface area contributed by atoms with E-state index in [0.29, 0.717) is 5.92 Å². The van der Waals surface area contributed by atoms with Gasteiger partial charge in [0.05, 0.1) is 7.11 Å². The van der Waals surface area contributed by atoms with Crippen molar-refractivity contribution in [3.8, 4) is 18.1 Å². The molecular formula is C21H24O. The van der Waals surface area contributed by atoms with E-state index in [2.05, 4.69) is 31.0 Å². The number of aryl methyl sites for hydroxylation is 1. The standard InChI is InChI=1S/C21H24O/c1-4-21(2)12-11-19-18-7-5-14-13-15(22-3)6-8-16(14)17(18)9-10-20(19)21/h1,6,8,13,17-18H,5,7,9-12H2,2-3H3/t17-,18-,21-/m1/s1. The van der Waals surface area contributed by atoms with E-state index in [4.69, 9.17) is 11.2 Å². The zero-order valence-electron chi connectivity index (χ0n) is 13.6. The number of benzene rings is 1. The van der Waals surface area contributed by atoms with Crippen LogP contribution in [0.4, 0.5) is 0 Å². The number of methoxy groups -OCH3 is 1. The summed E-state index contributed by atoms with van der Waals surface area (Å²) in [5.41, 5.74) is 6.45. The first-order valence-corrected chi connectivity index (χ1v) is 8.53. The van der Waals surface area contributed by atoms with Crippen molar-refractivity contribution in [1.82, 2.24) is 0 Å². The van der Waals surface area contributed by atoms with E-state index >= 15 is 0 Å². The Morgan fingerprint density at radius 1 is 1.18 bits per heavy atom. The van der Waals surface area contributed by atoms with Crippen molar-refractivity contribution in [1.29, 1.82) is 0 Å². The van der Waals surface area contributed by atoms with Crippen LogP contribution in [0.25, 0.3) is 0 Å². The smallest absolute Gasteiger partial charge is 0.119 e. The Balaban J connectivity index is 1.73. The van der Waals surface area contributed by atoms with Gasteiger partial charge in [0.2, 0.25) is 0 Å². The van der Waals surface area contributed by atoms with Crippen molar-refractivity contribution in [2.75, 3.05) is 7.11 Å². The van der Waals surface area contributed by atoms with Gasteiger partial charge in [-0.2, -0.15) is 0 Å². The second-order valence-electron chi connectivity index (χ2n) is 7.34. The van der Waals surface area contributed by atoms with Gasteiger partial charge in [-0.1, -0.05) is 23.1 Å². The van der Waals surface area contributed by atoms with Crippen LogP contribution in [0.15, 0.2) is 29.3 Å². The Kier molecular flexibility index (Phi) is 3.12. The van der Waals surface area contributed by atoms with Gasteiger partial charge in [-0.25, -0.2) is 0 Å². The summed E-state index contributed by atoms with van der Waals surface area (Å²) in [5, 5.41) is 0. The van der Waals surface area contributed by atoms with E-state index < -0.39 is 0 Å². The van der Waals surface area contributed by atoms with Crippen LogP contribution in [0.1, 0.15) is 56.1 Å². The van der Waals surface area contributed by atoms with Crippen molar-refractivity contribution < 1.29 is 4.74 Å². The molecule has 114 valence electrons. The van der Waals surface area contributed by atoms with Crippen LogP contribution in [-0.2, 0) is 6.42 Å². The van der Waals surface area contributed by atoms with Gasteiger partial charge in [0.15, 0.2) is 0 Å². The molecule has 0 fully saturated rings. The number of hydrogen-bond acceptors (Lipinski definition) is 1. The van der Waals surface area contributed by atoms with Crippen LogP contribution < -0.4 is 4.74 Å². The van der Waals surface area contributed by atoms with Crippen LogP contribution in [-0.4, -0.2) is 7.11 Å². The zero-order valence-corrected chi connectivity index (χ0v) is 13.6. The van der Waals surface area contributed by atoms with Gasteiger partial charge < -0.3 is 4.74 Å². The van der Waals surface area contributed by atoms with E-state index in [1.807, 2.05) is 0 Å². The molecule has 22 heavy (non-hydrogen) atoms. The maximum atomic E-state index is 5.85. The van der Waals surface area contributed by atoms with Crippen LogP contribution in [0.3, 0.4) is 0 Å². The summed E-state index contributed by atoms with van der Waals surface area (Å²) >= 11 is 0. The Hall–Kier alpha value is -1.68. The van der Waals surface area contributed by atoms with Crippen LogP contribution in [0, 0.1) is 23.7 Å². The molecule has 1 aromatic rings. The van der Waals surface area contributed by atoms with E-state index in [1.54, 1.807) is 23.8 Å². The van der Waals surface area contributed by atoms with Gasteiger partial charge >= 0.3 is 0 Å².